The molecule has 0 aliphatic carbocycles. The maximum atomic E-state index is 12.1. The van der Waals surface area contributed by atoms with Crippen LogP contribution in [0, 0.1) is 20.8 Å². The summed E-state index contributed by atoms with van der Waals surface area (Å²) in [5, 5.41) is 9.01. The standard InChI is InChI=1S/C19H21Cl2N3O2/c1-11-6-12(2)18(13(3)7-11)24-17(25)10-23-19(26)22-9-14-4-5-15(20)8-16(14)21/h4-8H,9-10H2,1-3H3,(H,24,25)(H2,22,23,26). The van der Waals surface area contributed by atoms with E-state index in [9.17, 15) is 9.59 Å². The molecule has 0 saturated carbocycles. The number of halogens is 2. The Morgan fingerprint density at radius 1 is 0.962 bits per heavy atom. The van der Waals surface area contributed by atoms with E-state index in [4.69, 9.17) is 23.2 Å². The predicted octanol–water partition coefficient (Wildman–Crippen LogP) is 4.36. The first kappa shape index (κ1) is 20.1. The first-order chi connectivity index (χ1) is 12.3. The van der Waals surface area contributed by atoms with Crippen molar-refractivity contribution < 1.29 is 9.59 Å². The van der Waals surface area contributed by atoms with Crippen molar-refractivity contribution in [3.63, 3.8) is 0 Å². The highest BCUT2D eigenvalue weighted by Gasteiger charge is 2.10. The van der Waals surface area contributed by atoms with E-state index < -0.39 is 6.03 Å². The van der Waals surface area contributed by atoms with Gasteiger partial charge in [-0.15, -0.1) is 0 Å². The third-order valence-electron chi connectivity index (χ3n) is 3.81. The molecule has 2 aromatic carbocycles. The summed E-state index contributed by atoms with van der Waals surface area (Å²) in [5.74, 6) is -0.292. The van der Waals surface area contributed by atoms with Crippen LogP contribution in [0.5, 0.6) is 0 Å². The van der Waals surface area contributed by atoms with Gasteiger partial charge in [0.2, 0.25) is 5.91 Å². The van der Waals surface area contributed by atoms with Gasteiger partial charge in [-0.05, 0) is 49.6 Å². The van der Waals surface area contributed by atoms with Gasteiger partial charge in [-0.25, -0.2) is 4.79 Å². The molecule has 3 amide bonds. The average molecular weight is 394 g/mol. The largest absolute Gasteiger partial charge is 0.334 e. The van der Waals surface area contributed by atoms with Gasteiger partial charge in [0.05, 0.1) is 6.54 Å². The zero-order valence-corrected chi connectivity index (χ0v) is 16.4. The highest BCUT2D eigenvalue weighted by molar-refractivity contribution is 6.35. The van der Waals surface area contributed by atoms with Crippen molar-refractivity contribution in [2.75, 3.05) is 11.9 Å². The summed E-state index contributed by atoms with van der Waals surface area (Å²) >= 11 is 11.9. The number of anilines is 1. The lowest BCUT2D eigenvalue weighted by Crippen LogP contribution is -2.39. The zero-order valence-electron chi connectivity index (χ0n) is 14.9. The topological polar surface area (TPSA) is 70.2 Å². The van der Waals surface area contributed by atoms with Crippen molar-refractivity contribution in [3.8, 4) is 0 Å². The fourth-order valence-electron chi connectivity index (χ4n) is 2.62. The van der Waals surface area contributed by atoms with Crippen LogP contribution in [0.3, 0.4) is 0 Å². The maximum absolute atomic E-state index is 12.1. The van der Waals surface area contributed by atoms with Gasteiger partial charge in [-0.2, -0.15) is 0 Å². The number of aryl methyl sites for hydroxylation is 3. The minimum atomic E-state index is -0.455. The Hall–Kier alpha value is -2.24. The molecule has 0 atom stereocenters. The fraction of sp³-hybridized carbons (Fsp3) is 0.263. The van der Waals surface area contributed by atoms with E-state index in [1.165, 1.54) is 0 Å². The summed E-state index contributed by atoms with van der Waals surface area (Å²) in [6.07, 6.45) is 0. The molecule has 0 saturated heterocycles. The number of carbonyl (C=O) groups excluding carboxylic acids is 2. The average Bonchev–Trinajstić information content (AvgIpc) is 2.55. The molecule has 0 heterocycles. The number of rotatable bonds is 5. The molecule has 2 rings (SSSR count). The van der Waals surface area contributed by atoms with E-state index in [1.807, 2.05) is 32.9 Å². The van der Waals surface area contributed by atoms with Gasteiger partial charge in [0.25, 0.3) is 0 Å². The van der Waals surface area contributed by atoms with Gasteiger partial charge in [0.15, 0.2) is 0 Å². The highest BCUT2D eigenvalue weighted by Crippen LogP contribution is 2.22. The van der Waals surface area contributed by atoms with Crippen LogP contribution < -0.4 is 16.0 Å². The summed E-state index contributed by atoms with van der Waals surface area (Å²) in [5.41, 5.74) is 4.61. The van der Waals surface area contributed by atoms with Crippen LogP contribution in [0.2, 0.25) is 10.0 Å². The molecular weight excluding hydrogens is 373 g/mol. The van der Waals surface area contributed by atoms with Gasteiger partial charge in [-0.1, -0.05) is 47.0 Å². The van der Waals surface area contributed by atoms with Gasteiger partial charge >= 0.3 is 6.03 Å². The van der Waals surface area contributed by atoms with Gasteiger partial charge in [-0.3, -0.25) is 4.79 Å². The lowest BCUT2D eigenvalue weighted by molar-refractivity contribution is -0.115. The first-order valence-corrected chi connectivity index (χ1v) is 8.85. The SMILES string of the molecule is Cc1cc(C)c(NC(=O)CNC(=O)NCc2ccc(Cl)cc2Cl)c(C)c1. The summed E-state index contributed by atoms with van der Waals surface area (Å²) in [6.45, 7) is 5.98. The number of urea groups is 1. The minimum Gasteiger partial charge on any atom is -0.334 e. The highest BCUT2D eigenvalue weighted by atomic mass is 35.5. The van der Waals surface area contributed by atoms with Crippen LogP contribution in [0.25, 0.3) is 0 Å². The molecule has 0 fully saturated rings. The number of carbonyl (C=O) groups is 2. The van der Waals surface area contributed by atoms with E-state index in [0.717, 1.165) is 27.9 Å². The molecule has 0 unspecified atom stereocenters. The molecule has 0 aliphatic heterocycles. The molecule has 26 heavy (non-hydrogen) atoms. The molecular formula is C19H21Cl2N3O2. The number of amides is 3. The molecule has 3 N–H and O–H groups in total. The van der Waals surface area contributed by atoms with Crippen molar-refractivity contribution >= 4 is 40.8 Å². The Morgan fingerprint density at radius 3 is 2.23 bits per heavy atom. The van der Waals surface area contributed by atoms with Crippen molar-refractivity contribution in [3.05, 3.63) is 62.6 Å². The Bertz CT molecular complexity index is 815. The van der Waals surface area contributed by atoms with Crippen molar-refractivity contribution in [2.24, 2.45) is 0 Å². The normalized spacial score (nSPS) is 10.3. The number of hydrogen-bond donors (Lipinski definition) is 3. The van der Waals surface area contributed by atoms with Crippen molar-refractivity contribution in [2.45, 2.75) is 27.3 Å². The third kappa shape index (κ3) is 5.64. The Labute approximate surface area is 163 Å². The lowest BCUT2D eigenvalue weighted by Gasteiger charge is -2.13. The smallest absolute Gasteiger partial charge is 0.315 e. The van der Waals surface area contributed by atoms with Crippen LogP contribution in [-0.2, 0) is 11.3 Å². The second kappa shape index (κ2) is 8.92. The summed E-state index contributed by atoms with van der Waals surface area (Å²) in [4.78, 5) is 23.9. The van der Waals surface area contributed by atoms with E-state index in [0.29, 0.717) is 10.0 Å². The van der Waals surface area contributed by atoms with Gasteiger partial charge in [0, 0.05) is 22.3 Å². The zero-order chi connectivity index (χ0) is 19.3. The Kier molecular flexibility index (Phi) is 6.89. The number of benzene rings is 2. The Morgan fingerprint density at radius 2 is 1.62 bits per heavy atom. The second-order valence-electron chi connectivity index (χ2n) is 6.09. The molecule has 7 heteroatoms. The van der Waals surface area contributed by atoms with Gasteiger partial charge < -0.3 is 16.0 Å². The second-order valence-corrected chi connectivity index (χ2v) is 6.94. The molecule has 138 valence electrons. The maximum Gasteiger partial charge on any atom is 0.315 e. The van der Waals surface area contributed by atoms with Crippen molar-refractivity contribution in [1.29, 1.82) is 0 Å². The quantitative estimate of drug-likeness (QED) is 0.706. The third-order valence-corrected chi connectivity index (χ3v) is 4.39. The summed E-state index contributed by atoms with van der Waals surface area (Å²) < 4.78 is 0. The van der Waals surface area contributed by atoms with E-state index in [1.54, 1.807) is 18.2 Å². The summed E-state index contributed by atoms with van der Waals surface area (Å²) in [6, 6.07) is 8.58. The Balaban J connectivity index is 1.83. The van der Waals surface area contributed by atoms with E-state index in [2.05, 4.69) is 16.0 Å². The molecule has 2 aromatic rings. The summed E-state index contributed by atoms with van der Waals surface area (Å²) in [7, 11) is 0. The molecule has 0 aliphatic rings. The van der Waals surface area contributed by atoms with Crippen LogP contribution >= 0.6 is 23.2 Å². The van der Waals surface area contributed by atoms with Crippen LogP contribution in [-0.4, -0.2) is 18.5 Å². The monoisotopic (exact) mass is 393 g/mol. The molecule has 0 radical (unpaired) electrons. The number of hydrogen-bond acceptors (Lipinski definition) is 2. The minimum absolute atomic E-state index is 0.132. The van der Waals surface area contributed by atoms with Crippen molar-refractivity contribution in [1.82, 2.24) is 10.6 Å². The molecule has 0 spiro atoms. The van der Waals surface area contributed by atoms with E-state index >= 15 is 0 Å². The van der Waals surface area contributed by atoms with Crippen LogP contribution in [0.15, 0.2) is 30.3 Å². The number of nitrogens with one attached hydrogen (secondary N) is 3. The fourth-order valence-corrected chi connectivity index (χ4v) is 3.10. The molecule has 0 aromatic heterocycles. The van der Waals surface area contributed by atoms with Crippen LogP contribution in [0.1, 0.15) is 22.3 Å². The van der Waals surface area contributed by atoms with Crippen LogP contribution in [0.4, 0.5) is 10.5 Å². The van der Waals surface area contributed by atoms with E-state index in [-0.39, 0.29) is 19.0 Å². The predicted molar refractivity (Wildman–Crippen MR) is 106 cm³/mol. The lowest BCUT2D eigenvalue weighted by atomic mass is 10.1. The first-order valence-electron chi connectivity index (χ1n) is 8.09. The molecule has 5 nitrogen and oxygen atoms in total. The van der Waals surface area contributed by atoms with Gasteiger partial charge in [0.1, 0.15) is 0 Å². The molecule has 0 bridgehead atoms.